The maximum Gasteiger partial charge on any atom is 0.125 e. The summed E-state index contributed by atoms with van der Waals surface area (Å²) < 4.78 is 6.04. The summed E-state index contributed by atoms with van der Waals surface area (Å²) in [4.78, 5) is 0. The molecule has 2 atom stereocenters. The molecule has 0 radical (unpaired) electrons. The number of hydrogen-bond acceptors (Lipinski definition) is 1. The van der Waals surface area contributed by atoms with Crippen molar-refractivity contribution in [2.75, 3.05) is 0 Å². The molecule has 1 rings (SSSR count). The number of hydrogen-bond donors (Lipinski definition) is 0. The summed E-state index contributed by atoms with van der Waals surface area (Å²) in [5.41, 5.74) is 2.30. The SMILES string of the molecule is C=C[SiH](c1ccccc1)C(C)OC(C)(C)C. The van der Waals surface area contributed by atoms with Crippen molar-refractivity contribution >= 4 is 14.0 Å². The maximum atomic E-state index is 6.04. The number of rotatable bonds is 4. The van der Waals surface area contributed by atoms with Crippen LogP contribution in [0.25, 0.3) is 0 Å². The smallest absolute Gasteiger partial charge is 0.125 e. The Bertz CT molecular complexity index is 326. The molecule has 0 aliphatic rings. The summed E-state index contributed by atoms with van der Waals surface area (Å²) in [5, 5.41) is 1.40. The van der Waals surface area contributed by atoms with Crippen LogP contribution in [0.3, 0.4) is 0 Å². The third kappa shape index (κ3) is 3.95. The Labute approximate surface area is 101 Å². The molecular formula is C14H22OSi. The highest BCUT2D eigenvalue weighted by Crippen LogP contribution is 2.13. The summed E-state index contributed by atoms with van der Waals surface area (Å²) in [6.07, 6.45) is 0. The fourth-order valence-corrected chi connectivity index (χ4v) is 4.32. The normalized spacial score (nSPS) is 15.5. The molecule has 1 aromatic carbocycles. The molecule has 88 valence electrons. The van der Waals surface area contributed by atoms with Gasteiger partial charge in [0.2, 0.25) is 0 Å². The van der Waals surface area contributed by atoms with E-state index in [1.165, 1.54) is 5.19 Å². The third-order valence-electron chi connectivity index (χ3n) is 2.48. The van der Waals surface area contributed by atoms with Gasteiger partial charge in [-0.25, -0.2) is 0 Å². The van der Waals surface area contributed by atoms with Gasteiger partial charge in [-0.3, -0.25) is 0 Å². The van der Waals surface area contributed by atoms with E-state index >= 15 is 0 Å². The van der Waals surface area contributed by atoms with Gasteiger partial charge in [0.05, 0.1) is 11.3 Å². The zero-order chi connectivity index (χ0) is 12.2. The highest BCUT2D eigenvalue weighted by atomic mass is 28.3. The molecule has 16 heavy (non-hydrogen) atoms. The van der Waals surface area contributed by atoms with Crippen LogP contribution in [0.2, 0.25) is 0 Å². The lowest BCUT2D eigenvalue weighted by molar-refractivity contribution is -0.0175. The Morgan fingerprint density at radius 2 is 1.81 bits per heavy atom. The summed E-state index contributed by atoms with van der Waals surface area (Å²) in [5.74, 6) is 0. The average molecular weight is 234 g/mol. The first kappa shape index (κ1) is 13.2. The Morgan fingerprint density at radius 1 is 1.25 bits per heavy atom. The van der Waals surface area contributed by atoms with Crippen molar-refractivity contribution < 1.29 is 4.74 Å². The van der Waals surface area contributed by atoms with E-state index in [1.54, 1.807) is 0 Å². The third-order valence-corrected chi connectivity index (χ3v) is 5.29. The van der Waals surface area contributed by atoms with Gasteiger partial charge in [0.25, 0.3) is 0 Å². The predicted molar refractivity (Wildman–Crippen MR) is 73.7 cm³/mol. The van der Waals surface area contributed by atoms with Crippen molar-refractivity contribution in [3.8, 4) is 0 Å². The lowest BCUT2D eigenvalue weighted by Crippen LogP contribution is -2.44. The Morgan fingerprint density at radius 3 is 2.25 bits per heavy atom. The summed E-state index contributed by atoms with van der Waals surface area (Å²) in [6.45, 7) is 12.4. The summed E-state index contributed by atoms with van der Waals surface area (Å²) >= 11 is 0. The van der Waals surface area contributed by atoms with Gasteiger partial charge >= 0.3 is 0 Å². The molecule has 0 saturated heterocycles. The molecule has 0 spiro atoms. The topological polar surface area (TPSA) is 9.23 Å². The lowest BCUT2D eigenvalue weighted by atomic mass is 10.2. The van der Waals surface area contributed by atoms with Gasteiger partial charge < -0.3 is 4.74 Å². The van der Waals surface area contributed by atoms with Crippen molar-refractivity contribution in [2.45, 2.75) is 39.0 Å². The maximum absolute atomic E-state index is 6.04. The molecule has 0 amide bonds. The van der Waals surface area contributed by atoms with Crippen LogP contribution in [0.1, 0.15) is 27.7 Å². The Balaban J connectivity index is 2.79. The highest BCUT2D eigenvalue weighted by molar-refractivity contribution is 6.78. The van der Waals surface area contributed by atoms with E-state index < -0.39 is 8.80 Å². The second kappa shape index (κ2) is 5.46. The van der Waals surface area contributed by atoms with E-state index in [4.69, 9.17) is 4.74 Å². The highest BCUT2D eigenvalue weighted by Gasteiger charge is 2.23. The van der Waals surface area contributed by atoms with Gasteiger partial charge in [-0.15, -0.1) is 6.58 Å². The molecule has 0 aromatic heterocycles. The Hall–Kier alpha value is -0.863. The summed E-state index contributed by atoms with van der Waals surface area (Å²) in [7, 11) is -1.22. The van der Waals surface area contributed by atoms with Gasteiger partial charge in [0, 0.05) is 0 Å². The van der Waals surface area contributed by atoms with E-state index in [1.807, 2.05) is 6.07 Å². The van der Waals surface area contributed by atoms with E-state index in [0.29, 0.717) is 0 Å². The zero-order valence-electron chi connectivity index (χ0n) is 10.7. The fraction of sp³-hybridized carbons (Fsp3) is 0.429. The van der Waals surface area contributed by atoms with Crippen LogP contribution in [-0.4, -0.2) is 20.1 Å². The van der Waals surface area contributed by atoms with Crippen molar-refractivity contribution in [2.24, 2.45) is 0 Å². The average Bonchev–Trinajstić information content (AvgIpc) is 2.17. The van der Waals surface area contributed by atoms with Gasteiger partial charge in [0.1, 0.15) is 8.80 Å². The molecule has 1 aromatic rings. The van der Waals surface area contributed by atoms with Gasteiger partial charge in [-0.05, 0) is 27.7 Å². The van der Waals surface area contributed by atoms with Crippen LogP contribution in [0, 0.1) is 0 Å². The molecule has 0 bridgehead atoms. The molecular weight excluding hydrogens is 212 g/mol. The molecule has 0 saturated carbocycles. The first-order valence-corrected chi connectivity index (χ1v) is 7.70. The second-order valence-electron chi connectivity index (χ2n) is 5.11. The van der Waals surface area contributed by atoms with Crippen LogP contribution in [0.15, 0.2) is 42.6 Å². The van der Waals surface area contributed by atoms with E-state index in [9.17, 15) is 0 Å². The summed E-state index contributed by atoms with van der Waals surface area (Å²) in [6, 6.07) is 10.6. The number of benzene rings is 1. The van der Waals surface area contributed by atoms with Gasteiger partial charge in [-0.2, -0.15) is 0 Å². The minimum atomic E-state index is -1.22. The van der Waals surface area contributed by atoms with Crippen LogP contribution in [0.4, 0.5) is 0 Å². The zero-order valence-corrected chi connectivity index (χ0v) is 11.9. The molecule has 0 aliphatic carbocycles. The van der Waals surface area contributed by atoms with E-state index in [2.05, 4.69) is 64.2 Å². The standard InChI is InChI=1S/C14H22OSi/c1-6-16(12(2)15-14(3,4)5)13-10-8-7-9-11-13/h6-12,16H,1H2,2-5H3. The van der Waals surface area contributed by atoms with Gasteiger partial charge in [0.15, 0.2) is 0 Å². The predicted octanol–water partition coefficient (Wildman–Crippen LogP) is 2.59. The van der Waals surface area contributed by atoms with Crippen LogP contribution >= 0.6 is 0 Å². The number of ether oxygens (including phenoxy) is 1. The molecule has 0 aliphatic heterocycles. The van der Waals surface area contributed by atoms with Crippen LogP contribution < -0.4 is 5.19 Å². The molecule has 2 heteroatoms. The molecule has 2 unspecified atom stereocenters. The molecule has 0 fully saturated rings. The molecule has 0 N–H and O–H groups in total. The molecule has 1 nitrogen and oxygen atoms in total. The monoisotopic (exact) mass is 234 g/mol. The fourth-order valence-electron chi connectivity index (χ4n) is 1.90. The van der Waals surface area contributed by atoms with Crippen molar-refractivity contribution in [1.29, 1.82) is 0 Å². The first-order chi connectivity index (χ1) is 7.44. The lowest BCUT2D eigenvalue weighted by Gasteiger charge is -2.29. The van der Waals surface area contributed by atoms with Crippen molar-refractivity contribution in [3.05, 3.63) is 42.6 Å². The van der Waals surface area contributed by atoms with Crippen LogP contribution in [0.5, 0.6) is 0 Å². The minimum absolute atomic E-state index is 0.0809. The quantitative estimate of drug-likeness (QED) is 0.728. The van der Waals surface area contributed by atoms with E-state index in [-0.39, 0.29) is 11.3 Å². The van der Waals surface area contributed by atoms with E-state index in [0.717, 1.165) is 0 Å². The largest absolute Gasteiger partial charge is 0.376 e. The van der Waals surface area contributed by atoms with Crippen molar-refractivity contribution in [3.63, 3.8) is 0 Å². The first-order valence-electron chi connectivity index (χ1n) is 5.79. The van der Waals surface area contributed by atoms with Crippen molar-refractivity contribution in [1.82, 2.24) is 0 Å². The Kier molecular flexibility index (Phi) is 4.51. The van der Waals surface area contributed by atoms with Crippen LogP contribution in [-0.2, 0) is 4.74 Å². The van der Waals surface area contributed by atoms with Gasteiger partial charge in [-0.1, -0.05) is 41.2 Å². The second-order valence-corrected chi connectivity index (χ2v) is 8.24. The molecule has 0 heterocycles. The minimum Gasteiger partial charge on any atom is -0.376 e.